The van der Waals surface area contributed by atoms with Crippen LogP contribution >= 0.6 is 12.6 Å². The summed E-state index contributed by atoms with van der Waals surface area (Å²) in [5.41, 5.74) is -0.313. The van der Waals surface area contributed by atoms with E-state index in [0.29, 0.717) is 31.9 Å². The smallest absolute Gasteiger partial charge is 0.220 e. The summed E-state index contributed by atoms with van der Waals surface area (Å²) in [6.45, 7) is 1.79. The third kappa shape index (κ3) is 3.15. The van der Waals surface area contributed by atoms with E-state index < -0.39 is 0 Å². The first-order valence-corrected chi connectivity index (χ1v) is 5.36. The van der Waals surface area contributed by atoms with Crippen molar-refractivity contribution in [2.75, 3.05) is 32.6 Å². The van der Waals surface area contributed by atoms with Gasteiger partial charge < -0.3 is 14.8 Å². The summed E-state index contributed by atoms with van der Waals surface area (Å²) in [4.78, 5) is 11.2. The molecule has 0 saturated carbocycles. The van der Waals surface area contributed by atoms with Crippen molar-refractivity contribution in [3.63, 3.8) is 0 Å². The van der Waals surface area contributed by atoms with E-state index in [1.807, 2.05) is 0 Å². The van der Waals surface area contributed by atoms with E-state index in [-0.39, 0.29) is 11.5 Å². The topological polar surface area (TPSA) is 47.6 Å². The van der Waals surface area contributed by atoms with Crippen LogP contribution in [0.1, 0.15) is 12.8 Å². The minimum atomic E-state index is -0.313. The van der Waals surface area contributed by atoms with Crippen molar-refractivity contribution in [3.05, 3.63) is 0 Å². The van der Waals surface area contributed by atoms with E-state index in [1.165, 1.54) is 0 Å². The number of carbonyl (C=O) groups excluding carboxylic acids is 1. The number of methoxy groups -OCH3 is 1. The van der Waals surface area contributed by atoms with Crippen molar-refractivity contribution in [2.45, 2.75) is 18.4 Å². The average Bonchev–Trinajstić information content (AvgIpc) is 2.65. The molecule has 4 nitrogen and oxygen atoms in total. The molecule has 82 valence electrons. The lowest BCUT2D eigenvalue weighted by Crippen LogP contribution is -2.45. The highest BCUT2D eigenvalue weighted by molar-refractivity contribution is 7.80. The zero-order chi connectivity index (χ0) is 10.4. The van der Waals surface area contributed by atoms with Crippen LogP contribution in [-0.2, 0) is 14.3 Å². The van der Waals surface area contributed by atoms with Crippen LogP contribution in [0.2, 0.25) is 0 Å². The van der Waals surface area contributed by atoms with Crippen molar-refractivity contribution in [2.24, 2.45) is 0 Å². The number of carbonyl (C=O) groups is 1. The summed E-state index contributed by atoms with van der Waals surface area (Å²) in [5.74, 6) is 0.589. The molecule has 1 aliphatic rings. The molecule has 1 saturated heterocycles. The fourth-order valence-electron chi connectivity index (χ4n) is 1.41. The van der Waals surface area contributed by atoms with Gasteiger partial charge in [0.2, 0.25) is 5.91 Å². The van der Waals surface area contributed by atoms with Crippen molar-refractivity contribution >= 4 is 18.5 Å². The minimum absolute atomic E-state index is 0.0170. The van der Waals surface area contributed by atoms with Gasteiger partial charge in [-0.05, 0) is 5.75 Å². The van der Waals surface area contributed by atoms with Gasteiger partial charge in [0.25, 0.3) is 0 Å². The Morgan fingerprint density at radius 2 is 2.50 bits per heavy atom. The monoisotopic (exact) mass is 219 g/mol. The van der Waals surface area contributed by atoms with E-state index in [0.717, 1.165) is 6.42 Å². The summed E-state index contributed by atoms with van der Waals surface area (Å²) >= 11 is 3.99. The summed E-state index contributed by atoms with van der Waals surface area (Å²) in [6.07, 6.45) is 1.29. The Kier molecular flexibility index (Phi) is 4.71. The van der Waals surface area contributed by atoms with Gasteiger partial charge in [-0.2, -0.15) is 12.6 Å². The Labute approximate surface area is 89.7 Å². The quantitative estimate of drug-likeness (QED) is 0.651. The molecule has 0 aromatic carbocycles. The van der Waals surface area contributed by atoms with Gasteiger partial charge in [0.1, 0.15) is 5.60 Å². The second-order valence-electron chi connectivity index (χ2n) is 3.44. The van der Waals surface area contributed by atoms with Gasteiger partial charge >= 0.3 is 0 Å². The zero-order valence-electron chi connectivity index (χ0n) is 8.41. The first kappa shape index (κ1) is 11.8. The van der Waals surface area contributed by atoms with Gasteiger partial charge in [-0.1, -0.05) is 0 Å². The maximum Gasteiger partial charge on any atom is 0.220 e. The minimum Gasteiger partial charge on any atom is -0.378 e. The third-order valence-corrected chi connectivity index (χ3v) is 2.67. The predicted molar refractivity (Wildman–Crippen MR) is 56.7 cm³/mol. The second-order valence-corrected chi connectivity index (χ2v) is 3.89. The Bertz CT molecular complexity index is 192. The van der Waals surface area contributed by atoms with Crippen molar-refractivity contribution in [1.82, 2.24) is 5.32 Å². The molecule has 1 fully saturated rings. The van der Waals surface area contributed by atoms with Gasteiger partial charge in [0.05, 0.1) is 6.61 Å². The number of thiol groups is 1. The number of rotatable bonds is 5. The fraction of sp³-hybridized carbons (Fsp3) is 0.889. The van der Waals surface area contributed by atoms with Crippen molar-refractivity contribution < 1.29 is 14.3 Å². The van der Waals surface area contributed by atoms with E-state index in [4.69, 9.17) is 9.47 Å². The number of hydrogen-bond donors (Lipinski definition) is 2. The van der Waals surface area contributed by atoms with Gasteiger partial charge in [-0.15, -0.1) is 0 Å². The molecule has 1 rings (SSSR count). The first-order valence-electron chi connectivity index (χ1n) is 4.73. The largest absolute Gasteiger partial charge is 0.378 e. The van der Waals surface area contributed by atoms with Gasteiger partial charge in [0, 0.05) is 33.1 Å². The maximum absolute atomic E-state index is 11.2. The van der Waals surface area contributed by atoms with E-state index in [2.05, 4.69) is 17.9 Å². The standard InChI is InChI=1S/C9H17NO3S/c1-12-9(3-4-13-7-9)6-10-8(11)2-5-14/h14H,2-7H2,1H3,(H,10,11). The van der Waals surface area contributed by atoms with Crippen LogP contribution in [0.3, 0.4) is 0 Å². The number of ether oxygens (including phenoxy) is 2. The highest BCUT2D eigenvalue weighted by atomic mass is 32.1. The van der Waals surface area contributed by atoms with Crippen molar-refractivity contribution in [1.29, 1.82) is 0 Å². The van der Waals surface area contributed by atoms with E-state index in [9.17, 15) is 4.79 Å². The maximum atomic E-state index is 11.2. The molecule has 0 radical (unpaired) electrons. The molecule has 0 bridgehead atoms. The number of hydrogen-bond acceptors (Lipinski definition) is 4. The molecule has 1 aliphatic heterocycles. The molecule has 1 amide bonds. The third-order valence-electron chi connectivity index (χ3n) is 2.45. The lowest BCUT2D eigenvalue weighted by Gasteiger charge is -2.25. The summed E-state index contributed by atoms with van der Waals surface area (Å²) in [7, 11) is 1.65. The van der Waals surface area contributed by atoms with E-state index in [1.54, 1.807) is 7.11 Å². The second kappa shape index (κ2) is 5.58. The van der Waals surface area contributed by atoms with Crippen LogP contribution in [0.5, 0.6) is 0 Å². The lowest BCUT2D eigenvalue weighted by atomic mass is 10.0. The Balaban J connectivity index is 2.30. The molecule has 0 spiro atoms. The molecule has 1 unspecified atom stereocenters. The van der Waals surface area contributed by atoms with Crippen LogP contribution in [0.15, 0.2) is 0 Å². The van der Waals surface area contributed by atoms with Gasteiger partial charge in [-0.3, -0.25) is 4.79 Å². The molecule has 14 heavy (non-hydrogen) atoms. The summed E-state index contributed by atoms with van der Waals surface area (Å²) in [6, 6.07) is 0. The molecule has 0 aromatic rings. The van der Waals surface area contributed by atoms with Crippen LogP contribution in [0, 0.1) is 0 Å². The normalized spacial score (nSPS) is 26.4. The molecule has 0 aliphatic carbocycles. The number of amides is 1. The average molecular weight is 219 g/mol. The van der Waals surface area contributed by atoms with Crippen LogP contribution in [-0.4, -0.2) is 44.1 Å². The van der Waals surface area contributed by atoms with Gasteiger partial charge in [0.15, 0.2) is 0 Å². The molecule has 1 heterocycles. The highest BCUT2D eigenvalue weighted by Crippen LogP contribution is 2.21. The predicted octanol–water partition coefficient (Wildman–Crippen LogP) is 0.228. The lowest BCUT2D eigenvalue weighted by molar-refractivity contribution is -0.122. The fourth-order valence-corrected chi connectivity index (χ4v) is 1.61. The van der Waals surface area contributed by atoms with Crippen molar-refractivity contribution in [3.8, 4) is 0 Å². The van der Waals surface area contributed by atoms with Gasteiger partial charge in [-0.25, -0.2) is 0 Å². The zero-order valence-corrected chi connectivity index (χ0v) is 9.31. The number of nitrogens with one attached hydrogen (secondary N) is 1. The van der Waals surface area contributed by atoms with E-state index >= 15 is 0 Å². The first-order chi connectivity index (χ1) is 6.72. The molecule has 1 N–H and O–H groups in total. The van der Waals surface area contributed by atoms with Crippen LogP contribution < -0.4 is 5.32 Å². The summed E-state index contributed by atoms with van der Waals surface area (Å²) < 4.78 is 10.6. The molecular formula is C9H17NO3S. The van der Waals surface area contributed by atoms with Crippen LogP contribution in [0.25, 0.3) is 0 Å². The molecule has 5 heteroatoms. The molecule has 0 aromatic heterocycles. The Hall–Kier alpha value is -0.260. The Morgan fingerprint density at radius 1 is 1.71 bits per heavy atom. The molecule has 1 atom stereocenters. The highest BCUT2D eigenvalue weighted by Gasteiger charge is 2.35. The Morgan fingerprint density at radius 3 is 3.00 bits per heavy atom. The molecular weight excluding hydrogens is 202 g/mol. The SMILES string of the molecule is COC1(CNC(=O)CCS)CCOC1. The van der Waals surface area contributed by atoms with Crippen LogP contribution in [0.4, 0.5) is 0 Å². The summed E-state index contributed by atoms with van der Waals surface area (Å²) in [5, 5.41) is 2.82.